The molecule has 1 fully saturated rings. The number of hydrogen-bond acceptors (Lipinski definition) is 6. The van der Waals surface area contributed by atoms with Crippen LogP contribution in [0.1, 0.15) is 24.8 Å². The van der Waals surface area contributed by atoms with Crippen LogP contribution in [0.3, 0.4) is 0 Å². The monoisotopic (exact) mass is 427 g/mol. The first-order valence-electron chi connectivity index (χ1n) is 10.9. The van der Waals surface area contributed by atoms with Gasteiger partial charge in [-0.15, -0.1) is 0 Å². The van der Waals surface area contributed by atoms with E-state index in [9.17, 15) is 4.39 Å². The zero-order valence-corrected chi connectivity index (χ0v) is 18.2. The fourth-order valence-corrected chi connectivity index (χ4v) is 4.39. The molecule has 2 aromatic carbocycles. The highest BCUT2D eigenvalue weighted by molar-refractivity contribution is 5.88. The van der Waals surface area contributed by atoms with Crippen LogP contribution >= 0.6 is 0 Å². The Morgan fingerprint density at radius 1 is 1.06 bits per heavy atom. The molecule has 0 aliphatic carbocycles. The van der Waals surface area contributed by atoms with E-state index in [1.165, 1.54) is 13.2 Å². The van der Waals surface area contributed by atoms with E-state index in [4.69, 9.17) is 14.3 Å². The summed E-state index contributed by atoms with van der Waals surface area (Å²) in [6.07, 6.45) is 0.789. The molecular formula is C24H30FN3O3. The Bertz CT molecular complexity index is 913. The number of ether oxygens (including phenoxy) is 2. The molecule has 0 N–H and O–H groups in total. The largest absolute Gasteiger partial charge is 0.486 e. The van der Waals surface area contributed by atoms with Crippen molar-refractivity contribution in [2.24, 2.45) is 5.16 Å². The third-order valence-corrected chi connectivity index (χ3v) is 6.01. The Hall–Kier alpha value is -2.80. The van der Waals surface area contributed by atoms with Crippen molar-refractivity contribution in [2.75, 3.05) is 57.9 Å². The number of fused-ring (bicyclic) bond motifs is 1. The summed E-state index contributed by atoms with van der Waals surface area (Å²) in [5.74, 6) is 1.38. The van der Waals surface area contributed by atoms with Crippen molar-refractivity contribution in [3.05, 3.63) is 53.8 Å². The van der Waals surface area contributed by atoms with E-state index in [1.807, 2.05) is 31.2 Å². The van der Waals surface area contributed by atoms with Crippen LogP contribution in [0.5, 0.6) is 11.5 Å². The summed E-state index contributed by atoms with van der Waals surface area (Å²) in [5, 5.41) is 4.10. The summed E-state index contributed by atoms with van der Waals surface area (Å²) < 4.78 is 26.0. The van der Waals surface area contributed by atoms with Crippen molar-refractivity contribution in [1.29, 1.82) is 0 Å². The van der Waals surface area contributed by atoms with Crippen molar-refractivity contribution in [2.45, 2.75) is 19.3 Å². The van der Waals surface area contributed by atoms with Gasteiger partial charge in [0.1, 0.15) is 26.1 Å². The lowest BCUT2D eigenvalue weighted by Gasteiger charge is -2.37. The predicted molar refractivity (Wildman–Crippen MR) is 120 cm³/mol. The number of piperazine rings is 1. The first-order chi connectivity index (χ1) is 15.2. The minimum absolute atomic E-state index is 0.106. The van der Waals surface area contributed by atoms with Gasteiger partial charge in [-0.05, 0) is 43.7 Å². The van der Waals surface area contributed by atoms with Gasteiger partial charge in [0, 0.05) is 32.1 Å². The lowest BCUT2D eigenvalue weighted by molar-refractivity contribution is 0.171. The van der Waals surface area contributed by atoms with Crippen LogP contribution in [0.2, 0.25) is 0 Å². The minimum Gasteiger partial charge on any atom is -0.486 e. The quantitative estimate of drug-likeness (QED) is 0.495. The fraction of sp³-hybridized carbons (Fsp3) is 0.458. The average Bonchev–Trinajstić information content (AvgIpc) is 2.80. The summed E-state index contributed by atoms with van der Waals surface area (Å²) in [4.78, 5) is 9.75. The zero-order chi connectivity index (χ0) is 21.6. The molecule has 2 aliphatic rings. The highest BCUT2D eigenvalue weighted by Crippen LogP contribution is 2.39. The van der Waals surface area contributed by atoms with E-state index in [1.54, 1.807) is 6.07 Å². The molecule has 0 saturated carbocycles. The fourth-order valence-electron chi connectivity index (χ4n) is 4.39. The number of para-hydroxylation sites is 1. The first-order valence-corrected chi connectivity index (χ1v) is 10.9. The molecule has 0 radical (unpaired) electrons. The number of rotatable bonds is 7. The third-order valence-electron chi connectivity index (χ3n) is 6.01. The predicted octanol–water partition coefficient (Wildman–Crippen LogP) is 3.92. The molecular weight excluding hydrogens is 397 g/mol. The molecule has 1 unspecified atom stereocenters. The maximum Gasteiger partial charge on any atom is 0.184 e. The standard InChI is InChI=1S/C24H30FN3O3/c1-18(26-29-2)19(20-6-3-4-7-21(20)25)10-11-27-12-14-28(15-13-27)22-8-5-9-23-24(22)31-17-16-30-23/h3-9,19H,10-17H2,1-2H3/b26-18-. The van der Waals surface area contributed by atoms with Crippen LogP contribution in [0.25, 0.3) is 0 Å². The Morgan fingerprint density at radius 3 is 2.61 bits per heavy atom. The Kier molecular flexibility index (Phi) is 6.92. The Labute approximate surface area is 183 Å². The van der Waals surface area contributed by atoms with Crippen LogP contribution in [-0.4, -0.2) is 63.7 Å². The number of oxime groups is 1. The molecule has 31 heavy (non-hydrogen) atoms. The maximum absolute atomic E-state index is 14.4. The molecule has 2 aromatic rings. The molecule has 166 valence electrons. The molecule has 2 heterocycles. The molecule has 6 nitrogen and oxygen atoms in total. The van der Waals surface area contributed by atoms with E-state index in [-0.39, 0.29) is 11.7 Å². The molecule has 0 aromatic heterocycles. The maximum atomic E-state index is 14.4. The number of hydrogen-bond donors (Lipinski definition) is 0. The molecule has 1 atom stereocenters. The lowest BCUT2D eigenvalue weighted by Crippen LogP contribution is -2.47. The van der Waals surface area contributed by atoms with Gasteiger partial charge in [-0.1, -0.05) is 29.4 Å². The Morgan fingerprint density at radius 2 is 1.84 bits per heavy atom. The SMILES string of the molecule is CO/N=C(/C)C(CCN1CCN(c2cccc3c2OCCO3)CC1)c1ccccc1F. The second-order valence-corrected chi connectivity index (χ2v) is 7.91. The summed E-state index contributed by atoms with van der Waals surface area (Å²) in [6, 6.07) is 13.0. The van der Waals surface area contributed by atoms with Crippen molar-refractivity contribution < 1.29 is 18.7 Å². The number of nitrogens with zero attached hydrogens (tertiary/aromatic N) is 3. The smallest absolute Gasteiger partial charge is 0.184 e. The van der Waals surface area contributed by atoms with Crippen LogP contribution in [0, 0.1) is 5.82 Å². The van der Waals surface area contributed by atoms with Crippen LogP contribution in [0.4, 0.5) is 10.1 Å². The molecule has 0 bridgehead atoms. The normalized spacial score (nSPS) is 18.0. The van der Waals surface area contributed by atoms with E-state index in [2.05, 4.69) is 21.0 Å². The first kappa shape index (κ1) is 21.4. The van der Waals surface area contributed by atoms with Crippen molar-refractivity contribution in [1.82, 2.24) is 4.90 Å². The van der Waals surface area contributed by atoms with E-state index >= 15 is 0 Å². The summed E-state index contributed by atoms with van der Waals surface area (Å²) in [6.45, 7) is 7.66. The van der Waals surface area contributed by atoms with Gasteiger partial charge >= 0.3 is 0 Å². The van der Waals surface area contributed by atoms with Crippen LogP contribution in [0.15, 0.2) is 47.6 Å². The van der Waals surface area contributed by atoms with Crippen molar-refractivity contribution in [3.8, 4) is 11.5 Å². The van der Waals surface area contributed by atoms with Gasteiger partial charge in [-0.3, -0.25) is 4.90 Å². The average molecular weight is 428 g/mol. The lowest BCUT2D eigenvalue weighted by atomic mass is 9.91. The zero-order valence-electron chi connectivity index (χ0n) is 18.2. The third kappa shape index (κ3) is 4.93. The topological polar surface area (TPSA) is 46.5 Å². The summed E-state index contributed by atoms with van der Waals surface area (Å²) >= 11 is 0. The van der Waals surface area contributed by atoms with Gasteiger partial charge in [0.2, 0.25) is 0 Å². The number of halogens is 1. The highest BCUT2D eigenvalue weighted by atomic mass is 19.1. The molecule has 0 spiro atoms. The second kappa shape index (κ2) is 10.0. The summed E-state index contributed by atoms with van der Waals surface area (Å²) in [5.41, 5.74) is 2.57. The number of anilines is 1. The van der Waals surface area contributed by atoms with E-state index in [0.29, 0.717) is 18.8 Å². The summed E-state index contributed by atoms with van der Waals surface area (Å²) in [7, 11) is 1.53. The molecule has 4 rings (SSSR count). The minimum atomic E-state index is -0.195. The van der Waals surface area contributed by atoms with Gasteiger partial charge in [0.25, 0.3) is 0 Å². The van der Waals surface area contributed by atoms with Gasteiger partial charge in [-0.25, -0.2) is 4.39 Å². The number of benzene rings is 2. The second-order valence-electron chi connectivity index (χ2n) is 7.91. The van der Waals surface area contributed by atoms with Gasteiger partial charge in [-0.2, -0.15) is 0 Å². The molecule has 7 heteroatoms. The van der Waals surface area contributed by atoms with Gasteiger partial charge in [0.15, 0.2) is 11.5 Å². The molecule has 2 aliphatic heterocycles. The molecule has 0 amide bonds. The molecule has 1 saturated heterocycles. The van der Waals surface area contributed by atoms with Crippen LogP contribution in [-0.2, 0) is 4.84 Å². The van der Waals surface area contributed by atoms with E-state index < -0.39 is 0 Å². The van der Waals surface area contributed by atoms with Crippen molar-refractivity contribution >= 4 is 11.4 Å². The Balaban J connectivity index is 1.38. The highest BCUT2D eigenvalue weighted by Gasteiger charge is 2.25. The van der Waals surface area contributed by atoms with Crippen molar-refractivity contribution in [3.63, 3.8) is 0 Å². The van der Waals surface area contributed by atoms with Crippen LogP contribution < -0.4 is 14.4 Å². The van der Waals surface area contributed by atoms with Gasteiger partial charge in [0.05, 0.1) is 11.4 Å². The van der Waals surface area contributed by atoms with Gasteiger partial charge < -0.3 is 19.2 Å². The van der Waals surface area contributed by atoms with E-state index in [0.717, 1.165) is 62.0 Å².